The summed E-state index contributed by atoms with van der Waals surface area (Å²) in [4.78, 5) is 11.6. The molecule has 0 aromatic carbocycles. The zero-order valence-electron chi connectivity index (χ0n) is 15.7. The first-order valence-corrected chi connectivity index (χ1v) is 9.07. The van der Waals surface area contributed by atoms with Crippen LogP contribution in [0.3, 0.4) is 0 Å². The normalized spacial score (nSPS) is 16.1. The first kappa shape index (κ1) is 23.1. The average Bonchev–Trinajstić information content (AvgIpc) is 2.51. The van der Waals surface area contributed by atoms with Crippen LogP contribution in [0.4, 0.5) is 0 Å². The molecular formula is C19H36O5. The molecule has 0 rings (SSSR count). The highest BCUT2D eigenvalue weighted by molar-refractivity contribution is 5.82. The number of rotatable bonds is 13. The maximum absolute atomic E-state index is 11.6. The second-order valence-corrected chi connectivity index (χ2v) is 7.26. The third-order valence-corrected chi connectivity index (χ3v) is 4.14. The van der Waals surface area contributed by atoms with E-state index in [-0.39, 0.29) is 6.61 Å². The van der Waals surface area contributed by atoms with Gasteiger partial charge in [-0.1, -0.05) is 52.0 Å². The minimum absolute atomic E-state index is 0.322. The Labute approximate surface area is 146 Å². The number of hydrogen-bond acceptors (Lipinski definition) is 5. The molecule has 0 aliphatic rings. The highest BCUT2D eigenvalue weighted by atomic mass is 16.5. The van der Waals surface area contributed by atoms with Crippen LogP contribution in [-0.2, 0) is 9.53 Å². The lowest BCUT2D eigenvalue weighted by atomic mass is 9.94. The number of aliphatic hydroxyl groups excluding tert-OH is 3. The third kappa shape index (κ3) is 12.5. The van der Waals surface area contributed by atoms with Crippen molar-refractivity contribution in [2.75, 3.05) is 13.2 Å². The highest BCUT2D eigenvalue weighted by Gasteiger charge is 2.16. The fourth-order valence-electron chi connectivity index (χ4n) is 2.46. The fourth-order valence-corrected chi connectivity index (χ4v) is 2.46. The molecule has 0 saturated carbocycles. The van der Waals surface area contributed by atoms with Crippen LogP contribution in [-0.4, -0.2) is 46.7 Å². The van der Waals surface area contributed by atoms with Gasteiger partial charge in [0.2, 0.25) is 0 Å². The van der Waals surface area contributed by atoms with Gasteiger partial charge in [0.25, 0.3) is 0 Å². The fraction of sp³-hybridized carbons (Fsp3) is 0.842. The van der Waals surface area contributed by atoms with Crippen molar-refractivity contribution in [1.29, 1.82) is 0 Å². The minimum atomic E-state index is -1.29. The average molecular weight is 344 g/mol. The number of ether oxygens (including phenoxy) is 1. The molecule has 142 valence electrons. The molecule has 0 bridgehead atoms. The molecule has 1 unspecified atom stereocenters. The van der Waals surface area contributed by atoms with Gasteiger partial charge in [-0.15, -0.1) is 0 Å². The molecule has 0 saturated heterocycles. The molecule has 0 aromatic heterocycles. The largest absolute Gasteiger partial charge is 0.460 e. The molecule has 3 atom stereocenters. The van der Waals surface area contributed by atoms with Gasteiger partial charge < -0.3 is 20.1 Å². The molecule has 0 aromatic rings. The third-order valence-electron chi connectivity index (χ3n) is 4.14. The van der Waals surface area contributed by atoms with Crippen molar-refractivity contribution in [3.8, 4) is 0 Å². The SMILES string of the molecule is CC(=CC(=O)OC[C@H](O)[C@H](O)CO)CCCC(C)CCCC(C)C. The quantitative estimate of drug-likeness (QED) is 0.353. The second-order valence-electron chi connectivity index (χ2n) is 7.26. The van der Waals surface area contributed by atoms with Crippen LogP contribution in [0.5, 0.6) is 0 Å². The van der Waals surface area contributed by atoms with Gasteiger partial charge in [-0.05, 0) is 31.6 Å². The van der Waals surface area contributed by atoms with Gasteiger partial charge in [-0.3, -0.25) is 0 Å². The standard InChI is InChI=1S/C19H36O5/c1-14(2)7-5-8-15(3)9-6-10-16(4)11-19(23)24-13-18(22)17(21)12-20/h11,14-15,17-18,20-22H,5-10,12-13H2,1-4H3/t15?,17-,18+/m1/s1. The Balaban J connectivity index is 3.90. The summed E-state index contributed by atoms with van der Waals surface area (Å²) in [6, 6.07) is 0. The van der Waals surface area contributed by atoms with Gasteiger partial charge in [-0.25, -0.2) is 4.79 Å². The molecule has 0 spiro atoms. The van der Waals surface area contributed by atoms with Crippen molar-refractivity contribution in [1.82, 2.24) is 0 Å². The number of allylic oxidation sites excluding steroid dienone is 1. The summed E-state index contributed by atoms with van der Waals surface area (Å²) in [5.41, 5.74) is 0.951. The number of carbonyl (C=O) groups is 1. The van der Waals surface area contributed by atoms with E-state index < -0.39 is 24.8 Å². The number of carbonyl (C=O) groups excluding carboxylic acids is 1. The van der Waals surface area contributed by atoms with Crippen molar-refractivity contribution in [3.05, 3.63) is 11.6 Å². The number of aliphatic hydroxyl groups is 3. The molecule has 0 aliphatic heterocycles. The lowest BCUT2D eigenvalue weighted by molar-refractivity contribution is -0.143. The zero-order chi connectivity index (χ0) is 18.5. The summed E-state index contributed by atoms with van der Waals surface area (Å²) in [5.74, 6) is 0.950. The van der Waals surface area contributed by atoms with Gasteiger partial charge in [0.1, 0.15) is 18.8 Å². The lowest BCUT2D eigenvalue weighted by Gasteiger charge is -2.15. The van der Waals surface area contributed by atoms with E-state index in [0.717, 1.165) is 30.8 Å². The molecule has 0 aliphatic carbocycles. The predicted molar refractivity (Wildman–Crippen MR) is 95.5 cm³/mol. The molecule has 3 N–H and O–H groups in total. The maximum Gasteiger partial charge on any atom is 0.330 e. The molecule has 0 fully saturated rings. The van der Waals surface area contributed by atoms with Crippen LogP contribution < -0.4 is 0 Å². The lowest BCUT2D eigenvalue weighted by Crippen LogP contribution is -2.33. The smallest absolute Gasteiger partial charge is 0.330 e. The predicted octanol–water partition coefficient (Wildman–Crippen LogP) is 2.82. The van der Waals surface area contributed by atoms with Crippen LogP contribution in [0.1, 0.15) is 66.2 Å². The monoisotopic (exact) mass is 344 g/mol. The Bertz CT molecular complexity index is 365. The number of hydrogen-bond donors (Lipinski definition) is 3. The Morgan fingerprint density at radius 2 is 1.67 bits per heavy atom. The topological polar surface area (TPSA) is 87.0 Å². The van der Waals surface area contributed by atoms with E-state index in [9.17, 15) is 15.0 Å². The van der Waals surface area contributed by atoms with E-state index in [4.69, 9.17) is 9.84 Å². The Morgan fingerprint density at radius 3 is 2.25 bits per heavy atom. The van der Waals surface area contributed by atoms with Gasteiger partial charge in [0.15, 0.2) is 0 Å². The molecule has 0 amide bonds. The molecule has 24 heavy (non-hydrogen) atoms. The van der Waals surface area contributed by atoms with Crippen molar-refractivity contribution in [2.45, 2.75) is 78.4 Å². The molecule has 0 radical (unpaired) electrons. The summed E-state index contributed by atoms with van der Waals surface area (Å²) >= 11 is 0. The number of esters is 1. The van der Waals surface area contributed by atoms with Crippen molar-refractivity contribution >= 4 is 5.97 Å². The van der Waals surface area contributed by atoms with Gasteiger partial charge in [0.05, 0.1) is 6.61 Å². The summed E-state index contributed by atoms with van der Waals surface area (Å²) < 4.78 is 4.86. The van der Waals surface area contributed by atoms with Gasteiger partial charge in [-0.2, -0.15) is 0 Å². The zero-order valence-corrected chi connectivity index (χ0v) is 15.7. The molecular weight excluding hydrogens is 308 g/mol. The van der Waals surface area contributed by atoms with E-state index in [1.54, 1.807) is 0 Å². The molecule has 0 heterocycles. The Morgan fingerprint density at radius 1 is 1.04 bits per heavy atom. The van der Waals surface area contributed by atoms with Crippen molar-refractivity contribution in [3.63, 3.8) is 0 Å². The molecule has 5 heteroatoms. The first-order valence-electron chi connectivity index (χ1n) is 9.07. The van der Waals surface area contributed by atoms with Crippen LogP contribution in [0, 0.1) is 11.8 Å². The van der Waals surface area contributed by atoms with E-state index in [0.29, 0.717) is 5.92 Å². The van der Waals surface area contributed by atoms with Crippen molar-refractivity contribution in [2.24, 2.45) is 11.8 Å². The summed E-state index contributed by atoms with van der Waals surface area (Å²) in [6.07, 6.45) is 5.75. The maximum atomic E-state index is 11.6. The van der Waals surface area contributed by atoms with Crippen LogP contribution in [0.15, 0.2) is 11.6 Å². The summed E-state index contributed by atoms with van der Waals surface area (Å²) in [6.45, 7) is 7.79. The Hall–Kier alpha value is -0.910. The first-order chi connectivity index (χ1) is 11.3. The van der Waals surface area contributed by atoms with Crippen LogP contribution in [0.2, 0.25) is 0 Å². The highest BCUT2D eigenvalue weighted by Crippen LogP contribution is 2.19. The van der Waals surface area contributed by atoms with Gasteiger partial charge in [0, 0.05) is 6.08 Å². The van der Waals surface area contributed by atoms with E-state index in [1.807, 2.05) is 6.92 Å². The van der Waals surface area contributed by atoms with Crippen LogP contribution in [0.25, 0.3) is 0 Å². The summed E-state index contributed by atoms with van der Waals surface area (Å²) in [5, 5.41) is 27.3. The minimum Gasteiger partial charge on any atom is -0.460 e. The van der Waals surface area contributed by atoms with Crippen LogP contribution >= 0.6 is 0 Å². The Kier molecular flexibility index (Phi) is 12.9. The summed E-state index contributed by atoms with van der Waals surface area (Å²) in [7, 11) is 0. The molecule has 5 nitrogen and oxygen atoms in total. The van der Waals surface area contributed by atoms with E-state index in [2.05, 4.69) is 20.8 Å². The van der Waals surface area contributed by atoms with Gasteiger partial charge >= 0.3 is 5.97 Å². The van der Waals surface area contributed by atoms with E-state index >= 15 is 0 Å². The van der Waals surface area contributed by atoms with Crippen molar-refractivity contribution < 1.29 is 24.9 Å². The van der Waals surface area contributed by atoms with E-state index in [1.165, 1.54) is 25.3 Å². The second kappa shape index (κ2) is 13.4.